The zero-order valence-corrected chi connectivity index (χ0v) is 5.39. The second kappa shape index (κ2) is 5.56. The number of carbonyl (C=O) groups excluding carboxylic acids is 1. The zero-order valence-electron chi connectivity index (χ0n) is 5.39. The van der Waals surface area contributed by atoms with E-state index in [-0.39, 0.29) is 12.5 Å². The highest BCUT2D eigenvalue weighted by Gasteiger charge is 1.95. The molecule has 0 aromatic heterocycles. The smallest absolute Gasteiger partial charge is 0.220 e. The largest absolute Gasteiger partial charge is 0.396 e. The summed E-state index contributed by atoms with van der Waals surface area (Å²) in [7, 11) is 0. The van der Waals surface area contributed by atoms with Gasteiger partial charge in [0.25, 0.3) is 0 Å². The van der Waals surface area contributed by atoms with Crippen molar-refractivity contribution in [3.63, 3.8) is 0 Å². The lowest BCUT2D eigenvalue weighted by Crippen LogP contribution is -2.22. The summed E-state index contributed by atoms with van der Waals surface area (Å²) in [5.74, 6) is -0.0425. The molecule has 2 N–H and O–H groups in total. The maximum atomic E-state index is 10.5. The molecular weight excluding hydrogens is 118 g/mol. The van der Waals surface area contributed by atoms with Gasteiger partial charge in [-0.3, -0.25) is 4.79 Å². The zero-order chi connectivity index (χ0) is 7.11. The Kier molecular flexibility index (Phi) is 5.21. The van der Waals surface area contributed by atoms with Gasteiger partial charge in [0.1, 0.15) is 0 Å². The SMILES string of the molecule is [CH2]CNC(=O)CCCO. The Labute approximate surface area is 55.1 Å². The van der Waals surface area contributed by atoms with Gasteiger partial charge in [0, 0.05) is 19.6 Å². The third-order valence-electron chi connectivity index (χ3n) is 0.884. The Morgan fingerprint density at radius 3 is 2.78 bits per heavy atom. The summed E-state index contributed by atoms with van der Waals surface area (Å²) in [6, 6.07) is 0. The minimum atomic E-state index is -0.0425. The van der Waals surface area contributed by atoms with Crippen molar-refractivity contribution in [2.45, 2.75) is 12.8 Å². The number of rotatable bonds is 4. The third kappa shape index (κ3) is 5.30. The molecule has 0 bridgehead atoms. The molecule has 0 aromatic carbocycles. The van der Waals surface area contributed by atoms with Crippen LogP contribution in [0.15, 0.2) is 0 Å². The molecule has 3 heteroatoms. The van der Waals surface area contributed by atoms with Gasteiger partial charge in [-0.2, -0.15) is 0 Å². The van der Waals surface area contributed by atoms with Gasteiger partial charge in [-0.15, -0.1) is 0 Å². The van der Waals surface area contributed by atoms with Gasteiger partial charge in [-0.25, -0.2) is 0 Å². The molecule has 9 heavy (non-hydrogen) atoms. The Morgan fingerprint density at radius 1 is 1.67 bits per heavy atom. The summed E-state index contributed by atoms with van der Waals surface area (Å²) < 4.78 is 0. The maximum absolute atomic E-state index is 10.5. The molecule has 0 fully saturated rings. The van der Waals surface area contributed by atoms with E-state index in [2.05, 4.69) is 12.2 Å². The molecular formula is C6H12NO2. The number of nitrogens with one attached hydrogen (secondary N) is 1. The van der Waals surface area contributed by atoms with Crippen molar-refractivity contribution in [2.24, 2.45) is 0 Å². The van der Waals surface area contributed by atoms with Crippen molar-refractivity contribution in [1.82, 2.24) is 5.32 Å². The topological polar surface area (TPSA) is 49.3 Å². The monoisotopic (exact) mass is 130 g/mol. The summed E-state index contributed by atoms with van der Waals surface area (Å²) in [5, 5.41) is 10.8. The van der Waals surface area contributed by atoms with Gasteiger partial charge >= 0.3 is 0 Å². The molecule has 0 atom stereocenters. The van der Waals surface area contributed by atoms with E-state index in [0.29, 0.717) is 19.4 Å². The summed E-state index contributed by atoms with van der Waals surface area (Å²) >= 11 is 0. The van der Waals surface area contributed by atoms with Gasteiger partial charge in [0.15, 0.2) is 0 Å². The van der Waals surface area contributed by atoms with Crippen LogP contribution in [0.2, 0.25) is 0 Å². The lowest BCUT2D eigenvalue weighted by molar-refractivity contribution is -0.121. The second-order valence-electron chi connectivity index (χ2n) is 1.68. The molecule has 0 saturated carbocycles. The fourth-order valence-corrected chi connectivity index (χ4v) is 0.467. The standard InChI is InChI=1S/C6H12NO2/c1-2-7-6(9)4-3-5-8/h8H,1-5H2,(H,7,9). The predicted octanol–water partition coefficient (Wildman–Crippen LogP) is -0.291. The van der Waals surface area contributed by atoms with E-state index in [1.54, 1.807) is 0 Å². The van der Waals surface area contributed by atoms with Crippen LogP contribution in [0.1, 0.15) is 12.8 Å². The second-order valence-corrected chi connectivity index (χ2v) is 1.68. The van der Waals surface area contributed by atoms with Crippen LogP contribution in [0.5, 0.6) is 0 Å². The first-order valence-corrected chi connectivity index (χ1v) is 2.98. The summed E-state index contributed by atoms with van der Waals surface area (Å²) in [6.07, 6.45) is 0.928. The minimum Gasteiger partial charge on any atom is -0.396 e. The number of aliphatic hydroxyl groups is 1. The fraction of sp³-hybridized carbons (Fsp3) is 0.667. The molecule has 0 unspecified atom stereocenters. The highest BCUT2D eigenvalue weighted by atomic mass is 16.3. The summed E-state index contributed by atoms with van der Waals surface area (Å²) in [4.78, 5) is 10.5. The lowest BCUT2D eigenvalue weighted by Gasteiger charge is -1.97. The number of hydrogen-bond acceptors (Lipinski definition) is 2. The van der Waals surface area contributed by atoms with Crippen LogP contribution in [-0.2, 0) is 4.79 Å². The molecule has 0 spiro atoms. The highest BCUT2D eigenvalue weighted by molar-refractivity contribution is 5.75. The minimum absolute atomic E-state index is 0.0425. The molecule has 53 valence electrons. The molecule has 0 saturated heterocycles. The Morgan fingerprint density at radius 2 is 2.33 bits per heavy atom. The molecule has 3 nitrogen and oxygen atoms in total. The van der Waals surface area contributed by atoms with Gasteiger partial charge in [0.05, 0.1) is 0 Å². The first-order valence-electron chi connectivity index (χ1n) is 2.98. The van der Waals surface area contributed by atoms with Crippen LogP contribution in [0, 0.1) is 6.92 Å². The molecule has 0 aliphatic rings. The van der Waals surface area contributed by atoms with Crippen molar-refractivity contribution < 1.29 is 9.90 Å². The molecule has 1 radical (unpaired) electrons. The molecule has 1 amide bonds. The fourth-order valence-electron chi connectivity index (χ4n) is 0.467. The summed E-state index contributed by atoms with van der Waals surface area (Å²) in [6.45, 7) is 3.93. The van der Waals surface area contributed by atoms with Crippen molar-refractivity contribution in [2.75, 3.05) is 13.2 Å². The van der Waals surface area contributed by atoms with Gasteiger partial charge in [-0.05, 0) is 13.3 Å². The number of carbonyl (C=O) groups is 1. The first-order chi connectivity index (χ1) is 4.31. The normalized spacial score (nSPS) is 9.11. The molecule has 0 aliphatic heterocycles. The van der Waals surface area contributed by atoms with Crippen molar-refractivity contribution in [3.05, 3.63) is 6.92 Å². The van der Waals surface area contributed by atoms with Crippen molar-refractivity contribution in [3.8, 4) is 0 Å². The summed E-state index contributed by atoms with van der Waals surface area (Å²) in [5.41, 5.74) is 0. The van der Waals surface area contributed by atoms with Crippen LogP contribution in [0.3, 0.4) is 0 Å². The average molecular weight is 130 g/mol. The molecule has 0 aliphatic carbocycles. The Balaban J connectivity index is 3.06. The van der Waals surface area contributed by atoms with Gasteiger partial charge in [0.2, 0.25) is 5.91 Å². The average Bonchev–Trinajstić information content (AvgIpc) is 1.85. The van der Waals surface area contributed by atoms with E-state index in [0.717, 1.165) is 0 Å². The van der Waals surface area contributed by atoms with Gasteiger partial charge < -0.3 is 10.4 Å². The quantitative estimate of drug-likeness (QED) is 0.549. The van der Waals surface area contributed by atoms with E-state index in [1.165, 1.54) is 0 Å². The van der Waals surface area contributed by atoms with Crippen LogP contribution >= 0.6 is 0 Å². The molecule has 0 rings (SSSR count). The lowest BCUT2D eigenvalue weighted by atomic mass is 10.3. The predicted molar refractivity (Wildman–Crippen MR) is 34.7 cm³/mol. The number of amides is 1. The Bertz CT molecular complexity index is 83.1. The first kappa shape index (κ1) is 8.43. The van der Waals surface area contributed by atoms with Crippen LogP contribution in [0.4, 0.5) is 0 Å². The maximum Gasteiger partial charge on any atom is 0.220 e. The number of hydrogen-bond donors (Lipinski definition) is 2. The van der Waals surface area contributed by atoms with E-state index in [9.17, 15) is 4.79 Å². The van der Waals surface area contributed by atoms with Gasteiger partial charge in [-0.1, -0.05) is 0 Å². The van der Waals surface area contributed by atoms with Crippen LogP contribution in [-0.4, -0.2) is 24.2 Å². The van der Waals surface area contributed by atoms with E-state index in [4.69, 9.17) is 5.11 Å². The van der Waals surface area contributed by atoms with Crippen molar-refractivity contribution in [1.29, 1.82) is 0 Å². The van der Waals surface area contributed by atoms with Crippen LogP contribution in [0.25, 0.3) is 0 Å². The Hall–Kier alpha value is -0.570. The van der Waals surface area contributed by atoms with Crippen molar-refractivity contribution >= 4 is 5.91 Å². The third-order valence-corrected chi connectivity index (χ3v) is 0.884. The van der Waals surface area contributed by atoms with E-state index >= 15 is 0 Å². The number of aliphatic hydroxyl groups excluding tert-OH is 1. The van der Waals surface area contributed by atoms with E-state index < -0.39 is 0 Å². The molecule has 0 heterocycles. The highest BCUT2D eigenvalue weighted by Crippen LogP contribution is 1.84. The molecule has 0 aromatic rings. The van der Waals surface area contributed by atoms with E-state index in [1.807, 2.05) is 0 Å². The van der Waals surface area contributed by atoms with Crippen LogP contribution < -0.4 is 5.32 Å².